The van der Waals surface area contributed by atoms with E-state index < -0.39 is 0 Å². The van der Waals surface area contributed by atoms with Gasteiger partial charge in [-0.2, -0.15) is 4.98 Å². The summed E-state index contributed by atoms with van der Waals surface area (Å²) in [6, 6.07) is 7.96. The highest BCUT2D eigenvalue weighted by atomic mass is 16.5. The van der Waals surface area contributed by atoms with E-state index in [0.717, 1.165) is 24.0 Å². The minimum atomic E-state index is -0.323. The van der Waals surface area contributed by atoms with E-state index in [9.17, 15) is 9.59 Å². The molecule has 0 spiro atoms. The third-order valence-electron chi connectivity index (χ3n) is 3.55. The normalized spacial score (nSPS) is 13.6. The van der Waals surface area contributed by atoms with Crippen molar-refractivity contribution in [2.24, 2.45) is 0 Å². The number of nitrogens with one attached hydrogen (secondary N) is 2. The topological polar surface area (TPSA) is 97.1 Å². The van der Waals surface area contributed by atoms with Crippen LogP contribution in [-0.2, 0) is 16.0 Å². The lowest BCUT2D eigenvalue weighted by Crippen LogP contribution is -2.38. The summed E-state index contributed by atoms with van der Waals surface area (Å²) in [5.74, 6) is 0.184. The van der Waals surface area contributed by atoms with Gasteiger partial charge in [0.1, 0.15) is 6.42 Å². The van der Waals surface area contributed by atoms with Crippen LogP contribution in [-0.4, -0.2) is 34.5 Å². The Balaban J connectivity index is 1.53. The predicted octanol–water partition coefficient (Wildman–Crippen LogP) is 0.982. The zero-order valence-corrected chi connectivity index (χ0v) is 12.8. The molecule has 2 aromatic rings. The first-order chi connectivity index (χ1) is 11.1. The zero-order chi connectivity index (χ0) is 16.2. The highest BCUT2D eigenvalue weighted by Crippen LogP contribution is 2.20. The number of benzene rings is 1. The number of hydrogen-bond acceptors (Lipinski definition) is 5. The summed E-state index contributed by atoms with van der Waals surface area (Å²) in [5.41, 5.74) is 1.90. The number of carbonyl (C=O) groups excluding carboxylic acids is 2. The van der Waals surface area contributed by atoms with Crippen molar-refractivity contribution in [3.05, 3.63) is 35.7 Å². The Kier molecular flexibility index (Phi) is 4.36. The molecule has 120 valence electrons. The summed E-state index contributed by atoms with van der Waals surface area (Å²) >= 11 is 0. The molecule has 1 saturated carbocycles. The molecule has 7 nitrogen and oxygen atoms in total. The molecule has 0 bridgehead atoms. The van der Waals surface area contributed by atoms with Gasteiger partial charge in [0.05, 0.1) is 6.54 Å². The SMILES string of the molecule is Cc1ccccc1-c1noc(CC(=O)NCC(=O)NC2CC2)n1. The second kappa shape index (κ2) is 6.60. The molecule has 1 heterocycles. The third-order valence-corrected chi connectivity index (χ3v) is 3.55. The van der Waals surface area contributed by atoms with Gasteiger partial charge in [0.15, 0.2) is 0 Å². The monoisotopic (exact) mass is 314 g/mol. The Labute approximate surface area is 133 Å². The molecule has 1 aliphatic carbocycles. The minimum Gasteiger partial charge on any atom is -0.352 e. The number of aromatic nitrogens is 2. The van der Waals surface area contributed by atoms with Crippen LogP contribution in [0.3, 0.4) is 0 Å². The summed E-state index contributed by atoms with van der Waals surface area (Å²) in [6.07, 6.45) is 1.99. The second-order valence-corrected chi connectivity index (χ2v) is 5.62. The molecular formula is C16H18N4O3. The van der Waals surface area contributed by atoms with Crippen LogP contribution < -0.4 is 10.6 Å². The largest absolute Gasteiger partial charge is 0.352 e. The third kappa shape index (κ3) is 4.15. The lowest BCUT2D eigenvalue weighted by molar-refractivity contribution is -0.126. The fourth-order valence-corrected chi connectivity index (χ4v) is 2.14. The van der Waals surface area contributed by atoms with Gasteiger partial charge in [-0.25, -0.2) is 0 Å². The lowest BCUT2D eigenvalue weighted by Gasteiger charge is -2.04. The van der Waals surface area contributed by atoms with Crippen molar-refractivity contribution in [2.45, 2.75) is 32.2 Å². The van der Waals surface area contributed by atoms with Crippen LogP contribution in [0.1, 0.15) is 24.3 Å². The van der Waals surface area contributed by atoms with E-state index in [2.05, 4.69) is 20.8 Å². The van der Waals surface area contributed by atoms with Crippen LogP contribution in [0.25, 0.3) is 11.4 Å². The maximum absolute atomic E-state index is 11.8. The number of hydrogen-bond donors (Lipinski definition) is 2. The Morgan fingerprint density at radius 2 is 2.04 bits per heavy atom. The summed E-state index contributed by atoms with van der Waals surface area (Å²) in [5, 5.41) is 9.24. The maximum Gasteiger partial charge on any atom is 0.239 e. The molecule has 3 rings (SSSR count). The molecule has 1 aliphatic rings. The van der Waals surface area contributed by atoms with Gasteiger partial charge in [-0.15, -0.1) is 0 Å². The molecule has 7 heteroatoms. The molecule has 2 amide bonds. The van der Waals surface area contributed by atoms with Crippen molar-refractivity contribution in [1.82, 2.24) is 20.8 Å². The summed E-state index contributed by atoms with van der Waals surface area (Å²) in [4.78, 5) is 27.5. The van der Waals surface area contributed by atoms with Crippen molar-refractivity contribution in [2.75, 3.05) is 6.54 Å². The van der Waals surface area contributed by atoms with Crippen molar-refractivity contribution < 1.29 is 14.1 Å². The number of rotatable bonds is 6. The average molecular weight is 314 g/mol. The first kappa shape index (κ1) is 15.2. The van der Waals surface area contributed by atoms with Gasteiger partial charge in [-0.1, -0.05) is 29.4 Å². The van der Waals surface area contributed by atoms with E-state index in [1.54, 1.807) is 0 Å². The number of carbonyl (C=O) groups is 2. The van der Waals surface area contributed by atoms with E-state index in [4.69, 9.17) is 4.52 Å². The first-order valence-corrected chi connectivity index (χ1v) is 7.56. The van der Waals surface area contributed by atoms with E-state index in [1.807, 2.05) is 31.2 Å². The standard InChI is InChI=1S/C16H18N4O3/c1-10-4-2-3-5-12(10)16-19-15(23-20-16)8-13(21)17-9-14(22)18-11-6-7-11/h2-5,11H,6-9H2,1H3,(H,17,21)(H,18,22). The molecule has 0 saturated heterocycles. The molecular weight excluding hydrogens is 296 g/mol. The number of amides is 2. The van der Waals surface area contributed by atoms with Crippen LogP contribution >= 0.6 is 0 Å². The Hall–Kier alpha value is -2.70. The highest BCUT2D eigenvalue weighted by molar-refractivity contribution is 5.85. The number of aryl methyl sites for hydroxylation is 1. The molecule has 1 aromatic carbocycles. The van der Waals surface area contributed by atoms with E-state index in [1.165, 1.54) is 0 Å². The molecule has 0 aliphatic heterocycles. The Morgan fingerprint density at radius 1 is 1.26 bits per heavy atom. The van der Waals surface area contributed by atoms with E-state index in [-0.39, 0.29) is 36.7 Å². The average Bonchev–Trinajstić information content (AvgIpc) is 3.22. The van der Waals surface area contributed by atoms with Crippen molar-refractivity contribution in [3.63, 3.8) is 0 Å². The van der Waals surface area contributed by atoms with Gasteiger partial charge in [0.25, 0.3) is 0 Å². The van der Waals surface area contributed by atoms with Crippen LogP contribution in [0.2, 0.25) is 0 Å². The summed E-state index contributed by atoms with van der Waals surface area (Å²) in [7, 11) is 0. The van der Waals surface area contributed by atoms with Crippen molar-refractivity contribution >= 4 is 11.8 Å². The molecule has 1 aromatic heterocycles. The molecule has 1 fully saturated rings. The van der Waals surface area contributed by atoms with Gasteiger partial charge in [-0.05, 0) is 25.3 Å². The zero-order valence-electron chi connectivity index (χ0n) is 12.8. The first-order valence-electron chi connectivity index (χ1n) is 7.56. The predicted molar refractivity (Wildman–Crippen MR) is 82.3 cm³/mol. The minimum absolute atomic E-state index is 0.0336. The lowest BCUT2D eigenvalue weighted by atomic mass is 10.1. The van der Waals surface area contributed by atoms with Gasteiger partial charge in [-0.3, -0.25) is 9.59 Å². The van der Waals surface area contributed by atoms with Crippen molar-refractivity contribution in [3.8, 4) is 11.4 Å². The van der Waals surface area contributed by atoms with Gasteiger partial charge >= 0.3 is 0 Å². The van der Waals surface area contributed by atoms with E-state index in [0.29, 0.717) is 5.82 Å². The molecule has 0 atom stereocenters. The summed E-state index contributed by atoms with van der Waals surface area (Å²) in [6.45, 7) is 1.92. The fourth-order valence-electron chi connectivity index (χ4n) is 2.14. The smallest absolute Gasteiger partial charge is 0.239 e. The highest BCUT2D eigenvalue weighted by Gasteiger charge is 2.23. The molecule has 23 heavy (non-hydrogen) atoms. The van der Waals surface area contributed by atoms with Crippen LogP contribution in [0, 0.1) is 6.92 Å². The Morgan fingerprint density at radius 3 is 2.78 bits per heavy atom. The summed E-state index contributed by atoms with van der Waals surface area (Å²) < 4.78 is 5.10. The van der Waals surface area contributed by atoms with Crippen LogP contribution in [0.4, 0.5) is 0 Å². The van der Waals surface area contributed by atoms with Gasteiger partial charge in [0, 0.05) is 11.6 Å². The van der Waals surface area contributed by atoms with Crippen LogP contribution in [0.15, 0.2) is 28.8 Å². The number of nitrogens with zero attached hydrogens (tertiary/aromatic N) is 2. The Bertz CT molecular complexity index is 722. The second-order valence-electron chi connectivity index (χ2n) is 5.62. The molecule has 0 radical (unpaired) electrons. The quantitative estimate of drug-likeness (QED) is 0.828. The van der Waals surface area contributed by atoms with Gasteiger partial charge in [0.2, 0.25) is 23.5 Å². The molecule has 2 N–H and O–H groups in total. The van der Waals surface area contributed by atoms with Crippen molar-refractivity contribution in [1.29, 1.82) is 0 Å². The van der Waals surface area contributed by atoms with Crippen LogP contribution in [0.5, 0.6) is 0 Å². The van der Waals surface area contributed by atoms with Gasteiger partial charge < -0.3 is 15.2 Å². The van der Waals surface area contributed by atoms with E-state index >= 15 is 0 Å². The molecule has 0 unspecified atom stereocenters. The maximum atomic E-state index is 11.8. The fraction of sp³-hybridized carbons (Fsp3) is 0.375.